The first kappa shape index (κ1) is 14.0. The zero-order valence-corrected chi connectivity index (χ0v) is 12.3. The number of esters is 1. The second kappa shape index (κ2) is 5.80. The molecule has 0 aliphatic rings. The molecule has 0 saturated carbocycles. The number of aromatic nitrogens is 5. The van der Waals surface area contributed by atoms with Gasteiger partial charge < -0.3 is 4.74 Å². The van der Waals surface area contributed by atoms with Gasteiger partial charge in [-0.1, -0.05) is 18.2 Å². The number of aryl methyl sites for hydroxylation is 1. The first-order chi connectivity index (χ1) is 10.6. The third-order valence-corrected chi connectivity index (χ3v) is 3.33. The molecule has 0 spiro atoms. The molecule has 0 aliphatic carbocycles. The van der Waals surface area contributed by atoms with Crippen molar-refractivity contribution in [2.45, 2.75) is 13.5 Å². The minimum atomic E-state index is -0.417. The number of para-hydroxylation sites is 1. The fourth-order valence-electron chi connectivity index (χ4n) is 1.96. The Bertz CT molecular complexity index is 791. The largest absolute Gasteiger partial charge is 0.455 e. The molecule has 0 fully saturated rings. The highest BCUT2D eigenvalue weighted by Gasteiger charge is 2.15. The molecule has 3 rings (SSSR count). The molecule has 0 amide bonds. The van der Waals surface area contributed by atoms with E-state index >= 15 is 0 Å². The summed E-state index contributed by atoms with van der Waals surface area (Å²) in [7, 11) is 1.78. The monoisotopic (exact) mass is 297 g/mol. The third-order valence-electron chi connectivity index (χ3n) is 3.33. The van der Waals surface area contributed by atoms with E-state index in [2.05, 4.69) is 15.3 Å². The van der Waals surface area contributed by atoms with Crippen LogP contribution in [0.3, 0.4) is 0 Å². The zero-order valence-electron chi connectivity index (χ0n) is 12.3. The molecule has 7 nitrogen and oxygen atoms in total. The van der Waals surface area contributed by atoms with Crippen molar-refractivity contribution >= 4 is 5.97 Å². The summed E-state index contributed by atoms with van der Waals surface area (Å²) in [5.41, 5.74) is 2.65. The Balaban J connectivity index is 1.66. The number of hydrogen-bond acceptors (Lipinski definition) is 5. The Morgan fingerprint density at radius 1 is 1.18 bits per heavy atom. The van der Waals surface area contributed by atoms with Crippen LogP contribution >= 0.6 is 0 Å². The molecule has 1 aromatic carbocycles. The van der Waals surface area contributed by atoms with Gasteiger partial charge in [-0.2, -0.15) is 15.0 Å². The van der Waals surface area contributed by atoms with E-state index in [9.17, 15) is 4.79 Å². The molecule has 0 saturated heterocycles. The van der Waals surface area contributed by atoms with E-state index < -0.39 is 5.97 Å². The lowest BCUT2D eigenvalue weighted by Crippen LogP contribution is -2.07. The van der Waals surface area contributed by atoms with E-state index in [0.29, 0.717) is 11.3 Å². The Labute approximate surface area is 127 Å². The predicted molar refractivity (Wildman–Crippen MR) is 78.4 cm³/mol. The van der Waals surface area contributed by atoms with Crippen molar-refractivity contribution in [1.82, 2.24) is 24.8 Å². The third kappa shape index (κ3) is 2.73. The van der Waals surface area contributed by atoms with Gasteiger partial charge in [0.25, 0.3) is 0 Å². The van der Waals surface area contributed by atoms with Gasteiger partial charge in [0.15, 0.2) is 0 Å². The Morgan fingerprint density at radius 3 is 2.64 bits per heavy atom. The van der Waals surface area contributed by atoms with Gasteiger partial charge >= 0.3 is 5.97 Å². The van der Waals surface area contributed by atoms with Gasteiger partial charge in [-0.3, -0.25) is 4.68 Å². The Kier molecular flexibility index (Phi) is 3.69. The quantitative estimate of drug-likeness (QED) is 0.685. The summed E-state index contributed by atoms with van der Waals surface area (Å²) in [6.45, 7) is 1.88. The molecule has 0 aliphatic heterocycles. The van der Waals surface area contributed by atoms with Crippen LogP contribution in [-0.2, 0) is 18.4 Å². The van der Waals surface area contributed by atoms with Crippen LogP contribution in [0.5, 0.6) is 0 Å². The molecule has 112 valence electrons. The van der Waals surface area contributed by atoms with E-state index in [4.69, 9.17) is 4.74 Å². The van der Waals surface area contributed by atoms with Crippen LogP contribution in [0.25, 0.3) is 5.69 Å². The molecule has 0 atom stereocenters. The molecule has 2 aromatic heterocycles. The first-order valence-electron chi connectivity index (χ1n) is 6.77. The zero-order chi connectivity index (χ0) is 15.5. The molecule has 3 aromatic rings. The summed E-state index contributed by atoms with van der Waals surface area (Å²) in [4.78, 5) is 13.5. The molecule has 0 unspecified atom stereocenters. The number of benzene rings is 1. The lowest BCUT2D eigenvalue weighted by Gasteiger charge is -2.02. The average Bonchev–Trinajstić information content (AvgIpc) is 3.14. The number of carbonyl (C=O) groups is 1. The normalized spacial score (nSPS) is 10.6. The van der Waals surface area contributed by atoms with Crippen LogP contribution in [0.4, 0.5) is 0 Å². The molecule has 0 bridgehead atoms. The summed E-state index contributed by atoms with van der Waals surface area (Å²) < 4.78 is 6.88. The van der Waals surface area contributed by atoms with E-state index in [-0.39, 0.29) is 6.61 Å². The van der Waals surface area contributed by atoms with Gasteiger partial charge in [0.1, 0.15) is 17.9 Å². The van der Waals surface area contributed by atoms with Crippen molar-refractivity contribution in [2.24, 2.45) is 7.05 Å². The van der Waals surface area contributed by atoms with Crippen LogP contribution < -0.4 is 0 Å². The number of nitrogens with zero attached hydrogens (tertiary/aromatic N) is 5. The van der Waals surface area contributed by atoms with Gasteiger partial charge in [0, 0.05) is 12.7 Å². The van der Waals surface area contributed by atoms with Crippen LogP contribution in [0.15, 0.2) is 42.7 Å². The Hall–Kier alpha value is -2.96. The highest BCUT2D eigenvalue weighted by atomic mass is 16.5. The summed E-state index contributed by atoms with van der Waals surface area (Å²) in [5.74, 6) is -0.417. The van der Waals surface area contributed by atoms with Crippen LogP contribution in [0.2, 0.25) is 0 Å². The number of hydrogen-bond donors (Lipinski definition) is 0. The Morgan fingerprint density at radius 2 is 1.95 bits per heavy atom. The van der Waals surface area contributed by atoms with Crippen LogP contribution in [0.1, 0.15) is 21.7 Å². The van der Waals surface area contributed by atoms with E-state index in [1.54, 1.807) is 17.9 Å². The average molecular weight is 297 g/mol. The lowest BCUT2D eigenvalue weighted by atomic mass is 10.3. The molecule has 22 heavy (non-hydrogen) atoms. The highest BCUT2D eigenvalue weighted by molar-refractivity contribution is 5.90. The molecular weight excluding hydrogens is 282 g/mol. The molecule has 7 heteroatoms. The van der Waals surface area contributed by atoms with Gasteiger partial charge in [-0.15, -0.1) is 5.10 Å². The number of carbonyl (C=O) groups excluding carboxylic acids is 1. The first-order valence-corrected chi connectivity index (χ1v) is 6.77. The minimum Gasteiger partial charge on any atom is -0.455 e. The van der Waals surface area contributed by atoms with Crippen LogP contribution in [0, 0.1) is 6.92 Å². The smallest absolute Gasteiger partial charge is 0.342 e. The molecule has 0 radical (unpaired) electrons. The van der Waals surface area contributed by atoms with Crippen molar-refractivity contribution in [3.8, 4) is 5.69 Å². The summed E-state index contributed by atoms with van der Waals surface area (Å²) in [6, 6.07) is 9.53. The standard InChI is InChI=1S/C15H15N5O2/c1-11-14(9-16-19(11)2)15(21)22-10-12-8-17-20(18-12)13-6-4-3-5-7-13/h3-9H,10H2,1-2H3. The van der Waals surface area contributed by atoms with Gasteiger partial charge in [-0.05, 0) is 19.1 Å². The fourth-order valence-corrected chi connectivity index (χ4v) is 1.96. The molecule has 0 N–H and O–H groups in total. The lowest BCUT2D eigenvalue weighted by molar-refractivity contribution is 0.0466. The summed E-state index contributed by atoms with van der Waals surface area (Å²) in [6.07, 6.45) is 3.08. The maximum Gasteiger partial charge on any atom is 0.342 e. The fraction of sp³-hybridized carbons (Fsp3) is 0.200. The van der Waals surface area contributed by atoms with Crippen molar-refractivity contribution in [2.75, 3.05) is 0 Å². The maximum absolute atomic E-state index is 12.0. The van der Waals surface area contributed by atoms with Crippen molar-refractivity contribution in [3.63, 3.8) is 0 Å². The van der Waals surface area contributed by atoms with Crippen molar-refractivity contribution in [3.05, 3.63) is 59.7 Å². The van der Waals surface area contributed by atoms with E-state index in [0.717, 1.165) is 11.4 Å². The van der Waals surface area contributed by atoms with Crippen molar-refractivity contribution in [1.29, 1.82) is 0 Å². The van der Waals surface area contributed by atoms with E-state index in [1.807, 2.05) is 37.3 Å². The SMILES string of the molecule is Cc1c(C(=O)OCc2cnn(-c3ccccc3)n2)cnn1C. The summed E-state index contributed by atoms with van der Waals surface area (Å²) in [5, 5.41) is 12.5. The number of rotatable bonds is 4. The topological polar surface area (TPSA) is 74.8 Å². The van der Waals surface area contributed by atoms with Gasteiger partial charge in [0.2, 0.25) is 0 Å². The van der Waals surface area contributed by atoms with Gasteiger partial charge in [0.05, 0.1) is 18.1 Å². The molecular formula is C15H15N5O2. The maximum atomic E-state index is 12.0. The van der Waals surface area contributed by atoms with Gasteiger partial charge in [-0.25, -0.2) is 4.79 Å². The van der Waals surface area contributed by atoms with Crippen LogP contribution in [-0.4, -0.2) is 30.7 Å². The highest BCUT2D eigenvalue weighted by Crippen LogP contribution is 2.09. The summed E-state index contributed by atoms with van der Waals surface area (Å²) >= 11 is 0. The molecule has 2 heterocycles. The second-order valence-corrected chi connectivity index (χ2v) is 4.80. The van der Waals surface area contributed by atoms with E-state index in [1.165, 1.54) is 11.0 Å². The predicted octanol–water partition coefficient (Wildman–Crippen LogP) is 1.67. The number of ether oxygens (including phenoxy) is 1. The van der Waals surface area contributed by atoms with Crippen molar-refractivity contribution < 1.29 is 9.53 Å². The minimum absolute atomic E-state index is 0.0694. The second-order valence-electron chi connectivity index (χ2n) is 4.80.